The number of nitrogens with zero attached hydrogens (tertiary/aromatic N) is 1. The monoisotopic (exact) mass is 429 g/mol. The van der Waals surface area contributed by atoms with Crippen LogP contribution in [0, 0.1) is 0 Å². The molecule has 1 atom stereocenters. The number of thiophene rings is 1. The van der Waals surface area contributed by atoms with Crippen molar-refractivity contribution in [1.29, 1.82) is 0 Å². The summed E-state index contributed by atoms with van der Waals surface area (Å²) < 4.78 is 0. The number of aromatic nitrogens is 1. The van der Waals surface area contributed by atoms with Gasteiger partial charge in [-0.3, -0.25) is 14.5 Å². The zero-order valence-corrected chi connectivity index (χ0v) is 17.8. The van der Waals surface area contributed by atoms with Crippen LogP contribution in [0.1, 0.15) is 32.4 Å². The van der Waals surface area contributed by atoms with Crippen molar-refractivity contribution >= 4 is 28.1 Å². The van der Waals surface area contributed by atoms with Gasteiger partial charge in [-0.15, -0.1) is 11.3 Å². The molecule has 5 nitrogen and oxygen atoms in total. The van der Waals surface area contributed by atoms with E-state index >= 15 is 0 Å². The van der Waals surface area contributed by atoms with Crippen molar-refractivity contribution in [2.75, 3.05) is 13.1 Å². The molecule has 2 aromatic carbocycles. The molecule has 0 saturated carbocycles. The van der Waals surface area contributed by atoms with E-state index in [0.29, 0.717) is 6.54 Å². The molecule has 0 saturated heterocycles. The van der Waals surface area contributed by atoms with Crippen molar-refractivity contribution in [3.63, 3.8) is 0 Å². The molecule has 31 heavy (non-hydrogen) atoms. The van der Waals surface area contributed by atoms with Crippen LogP contribution in [-0.2, 0) is 13.0 Å². The lowest BCUT2D eigenvalue weighted by Gasteiger charge is -2.35. The number of amides is 1. The molecule has 0 radical (unpaired) electrons. The molecule has 0 fully saturated rings. The number of carbonyl (C=O) groups is 1. The molecule has 4 aromatic rings. The van der Waals surface area contributed by atoms with Crippen molar-refractivity contribution in [3.05, 3.63) is 104 Å². The van der Waals surface area contributed by atoms with Gasteiger partial charge in [-0.2, -0.15) is 0 Å². The maximum atomic E-state index is 12.9. The first-order valence-electron chi connectivity index (χ1n) is 10.4. The average Bonchev–Trinajstić information content (AvgIpc) is 3.27. The van der Waals surface area contributed by atoms with Gasteiger partial charge >= 0.3 is 0 Å². The molecule has 1 aliphatic heterocycles. The van der Waals surface area contributed by atoms with Crippen LogP contribution in [0.2, 0.25) is 0 Å². The number of fused-ring (bicyclic) bond motifs is 2. The number of nitrogens with one attached hydrogen (secondary N) is 2. The Morgan fingerprint density at radius 2 is 1.90 bits per heavy atom. The first-order chi connectivity index (χ1) is 15.2. The van der Waals surface area contributed by atoms with E-state index in [-0.39, 0.29) is 23.1 Å². The molecule has 156 valence electrons. The van der Waals surface area contributed by atoms with Crippen LogP contribution in [0.5, 0.6) is 0 Å². The molecular formula is C25H23N3O2S. The zero-order valence-electron chi connectivity index (χ0n) is 17.0. The van der Waals surface area contributed by atoms with Crippen LogP contribution < -0.4 is 10.9 Å². The molecule has 1 aliphatic rings. The minimum absolute atomic E-state index is 0.0396. The number of aromatic amines is 1. The van der Waals surface area contributed by atoms with E-state index in [4.69, 9.17) is 0 Å². The van der Waals surface area contributed by atoms with Crippen molar-refractivity contribution in [3.8, 4) is 0 Å². The summed E-state index contributed by atoms with van der Waals surface area (Å²) in [7, 11) is 0. The van der Waals surface area contributed by atoms with E-state index in [1.807, 2.05) is 53.8 Å². The first-order valence-corrected chi connectivity index (χ1v) is 11.3. The molecule has 6 heteroatoms. The Labute approximate surface area is 184 Å². The van der Waals surface area contributed by atoms with Crippen molar-refractivity contribution in [1.82, 2.24) is 15.2 Å². The molecule has 3 heterocycles. The van der Waals surface area contributed by atoms with Crippen molar-refractivity contribution in [2.45, 2.75) is 19.0 Å². The first kappa shape index (κ1) is 19.7. The molecule has 1 amide bonds. The topological polar surface area (TPSA) is 65.2 Å². The highest BCUT2D eigenvalue weighted by molar-refractivity contribution is 7.10. The number of rotatable bonds is 5. The number of para-hydroxylation sites is 1. The predicted molar refractivity (Wildman–Crippen MR) is 125 cm³/mol. The van der Waals surface area contributed by atoms with Gasteiger partial charge < -0.3 is 10.3 Å². The fourth-order valence-corrected chi connectivity index (χ4v) is 5.16. The standard InChI is InChI=1S/C25H23N3O2S/c29-24(20-14-18-8-4-5-9-21(18)27-25(20)30)26-15-22(17-6-2-1-3-7-17)28-12-10-23-19(16-28)11-13-31-23/h1-9,11,13-14,22H,10,12,15-16H2,(H,26,29)(H,27,30)/t22-/m0/s1. The summed E-state index contributed by atoms with van der Waals surface area (Å²) in [5, 5.41) is 6.01. The van der Waals surface area contributed by atoms with E-state index < -0.39 is 0 Å². The normalized spacial score (nSPS) is 14.8. The number of benzene rings is 2. The summed E-state index contributed by atoms with van der Waals surface area (Å²) in [5.74, 6) is -0.346. The Kier molecular flexibility index (Phi) is 5.40. The van der Waals surface area contributed by atoms with Crippen LogP contribution >= 0.6 is 11.3 Å². The SMILES string of the molecule is O=C(NC[C@@H](c1ccccc1)N1CCc2sccc2C1)c1cc2ccccc2[nH]c1=O. The molecule has 0 spiro atoms. The minimum atomic E-state index is -0.367. The van der Waals surface area contributed by atoms with E-state index in [1.54, 1.807) is 6.07 Å². The van der Waals surface area contributed by atoms with Gasteiger partial charge in [0.25, 0.3) is 11.5 Å². The lowest BCUT2D eigenvalue weighted by molar-refractivity contribution is 0.0926. The van der Waals surface area contributed by atoms with E-state index in [9.17, 15) is 9.59 Å². The Hall–Kier alpha value is -3.22. The fraction of sp³-hybridized carbons (Fsp3) is 0.200. The molecule has 0 unspecified atom stereocenters. The van der Waals surface area contributed by atoms with E-state index in [0.717, 1.165) is 36.0 Å². The van der Waals surface area contributed by atoms with Gasteiger partial charge in [-0.25, -0.2) is 0 Å². The van der Waals surface area contributed by atoms with Crippen LogP contribution in [0.15, 0.2) is 76.9 Å². The third-order valence-corrected chi connectivity index (χ3v) is 6.94. The van der Waals surface area contributed by atoms with Gasteiger partial charge in [0.05, 0.1) is 6.04 Å². The average molecular weight is 430 g/mol. The molecule has 5 rings (SSSR count). The van der Waals surface area contributed by atoms with Crippen LogP contribution in [0.25, 0.3) is 10.9 Å². The third-order valence-electron chi connectivity index (χ3n) is 5.92. The molecule has 2 N–H and O–H groups in total. The van der Waals surface area contributed by atoms with Gasteiger partial charge in [0.15, 0.2) is 0 Å². The van der Waals surface area contributed by atoms with E-state index in [1.165, 1.54) is 10.4 Å². The minimum Gasteiger partial charge on any atom is -0.350 e. The second kappa shape index (κ2) is 8.49. The maximum absolute atomic E-state index is 12.9. The molecule has 0 aliphatic carbocycles. The number of carbonyl (C=O) groups excluding carboxylic acids is 1. The summed E-state index contributed by atoms with van der Waals surface area (Å²) in [6.07, 6.45) is 1.02. The Balaban J connectivity index is 1.38. The number of hydrogen-bond donors (Lipinski definition) is 2. The van der Waals surface area contributed by atoms with Gasteiger partial charge in [0, 0.05) is 30.0 Å². The number of hydrogen-bond acceptors (Lipinski definition) is 4. The number of pyridine rings is 1. The summed E-state index contributed by atoms with van der Waals surface area (Å²) in [4.78, 5) is 32.1. The van der Waals surface area contributed by atoms with Gasteiger partial charge in [0.2, 0.25) is 0 Å². The van der Waals surface area contributed by atoms with Crippen molar-refractivity contribution in [2.24, 2.45) is 0 Å². The summed E-state index contributed by atoms with van der Waals surface area (Å²) >= 11 is 1.82. The quantitative estimate of drug-likeness (QED) is 0.502. The molecular weight excluding hydrogens is 406 g/mol. The van der Waals surface area contributed by atoms with Crippen LogP contribution in [-0.4, -0.2) is 28.9 Å². The highest BCUT2D eigenvalue weighted by Crippen LogP contribution is 2.30. The van der Waals surface area contributed by atoms with Crippen LogP contribution in [0.4, 0.5) is 0 Å². The highest BCUT2D eigenvalue weighted by atomic mass is 32.1. The Morgan fingerprint density at radius 1 is 1.10 bits per heavy atom. The highest BCUT2D eigenvalue weighted by Gasteiger charge is 2.26. The summed E-state index contributed by atoms with van der Waals surface area (Å²) in [6.45, 7) is 2.25. The zero-order chi connectivity index (χ0) is 21.2. The van der Waals surface area contributed by atoms with Gasteiger partial charge in [0.1, 0.15) is 5.56 Å². The van der Waals surface area contributed by atoms with Gasteiger partial charge in [-0.1, -0.05) is 48.5 Å². The molecule has 0 bridgehead atoms. The summed E-state index contributed by atoms with van der Waals surface area (Å²) in [5.41, 5.74) is 3.03. The smallest absolute Gasteiger partial charge is 0.261 e. The second-order valence-electron chi connectivity index (χ2n) is 7.83. The Bertz CT molecular complexity index is 1280. The lowest BCUT2D eigenvalue weighted by atomic mass is 10.0. The summed E-state index contributed by atoms with van der Waals surface area (Å²) in [6, 6.07) is 21.6. The fourth-order valence-electron chi connectivity index (χ4n) is 4.27. The second-order valence-corrected chi connectivity index (χ2v) is 8.83. The van der Waals surface area contributed by atoms with Gasteiger partial charge in [-0.05, 0) is 46.5 Å². The van der Waals surface area contributed by atoms with E-state index in [2.05, 4.69) is 38.8 Å². The Morgan fingerprint density at radius 3 is 2.77 bits per heavy atom. The number of H-pyrrole nitrogens is 1. The largest absolute Gasteiger partial charge is 0.350 e. The van der Waals surface area contributed by atoms with Crippen LogP contribution in [0.3, 0.4) is 0 Å². The lowest BCUT2D eigenvalue weighted by Crippen LogP contribution is -2.41. The predicted octanol–water partition coefficient (Wildman–Crippen LogP) is 4.12. The molecule has 2 aromatic heterocycles. The van der Waals surface area contributed by atoms with Crippen molar-refractivity contribution < 1.29 is 4.79 Å². The maximum Gasteiger partial charge on any atom is 0.261 e. The third kappa shape index (κ3) is 4.04.